The Balaban J connectivity index is 0.00000220. The number of aromatic hydroxyl groups is 1. The summed E-state index contributed by atoms with van der Waals surface area (Å²) in [6, 6.07) is 5.58. The predicted octanol–water partition coefficient (Wildman–Crippen LogP) is 2.52. The van der Waals surface area contributed by atoms with E-state index in [1.54, 1.807) is 12.1 Å². The number of carbonyl (C=O) groups excluding carboxylic acids is 1. The highest BCUT2D eigenvalue weighted by Gasteiger charge is 2.21. The number of hydrogen-bond acceptors (Lipinski definition) is 5. The first-order chi connectivity index (χ1) is 9.61. The van der Waals surface area contributed by atoms with E-state index < -0.39 is 5.97 Å². The van der Waals surface area contributed by atoms with Crippen molar-refractivity contribution in [1.29, 1.82) is 0 Å². The first kappa shape index (κ1) is 21.0. The number of esters is 1. The van der Waals surface area contributed by atoms with Gasteiger partial charge in [0.1, 0.15) is 0 Å². The van der Waals surface area contributed by atoms with Crippen LogP contribution in [-0.2, 0) is 4.79 Å². The number of piperazine rings is 1. The molecule has 0 amide bonds. The van der Waals surface area contributed by atoms with Crippen LogP contribution in [0.15, 0.2) is 18.2 Å². The molecule has 7 heteroatoms. The SMILES string of the molecule is CC[C@H](c1ccc(OC(C)=O)c(O)c1)N1CCNCC1.Cl.Cl. The van der Waals surface area contributed by atoms with E-state index >= 15 is 0 Å². The number of phenolic OH excluding ortho intramolecular Hbond substituents is 1. The van der Waals surface area contributed by atoms with Gasteiger partial charge in [-0.15, -0.1) is 24.8 Å². The number of halogens is 2. The maximum Gasteiger partial charge on any atom is 0.308 e. The number of ether oxygens (including phenoxy) is 1. The van der Waals surface area contributed by atoms with Crippen molar-refractivity contribution >= 4 is 30.8 Å². The molecular weight excluding hydrogens is 327 g/mol. The maximum absolute atomic E-state index is 10.9. The topological polar surface area (TPSA) is 61.8 Å². The summed E-state index contributed by atoms with van der Waals surface area (Å²) in [5, 5.41) is 13.3. The first-order valence-corrected chi connectivity index (χ1v) is 7.08. The van der Waals surface area contributed by atoms with Gasteiger partial charge in [0.15, 0.2) is 11.5 Å². The van der Waals surface area contributed by atoms with Crippen LogP contribution in [0.1, 0.15) is 31.9 Å². The van der Waals surface area contributed by atoms with Gasteiger partial charge in [-0.25, -0.2) is 0 Å². The van der Waals surface area contributed by atoms with E-state index in [2.05, 4.69) is 17.1 Å². The van der Waals surface area contributed by atoms with Gasteiger partial charge in [0.25, 0.3) is 0 Å². The molecule has 0 aliphatic carbocycles. The summed E-state index contributed by atoms with van der Waals surface area (Å²) in [5.41, 5.74) is 1.06. The Morgan fingerprint density at radius 1 is 1.36 bits per heavy atom. The summed E-state index contributed by atoms with van der Waals surface area (Å²) in [4.78, 5) is 13.4. The largest absolute Gasteiger partial charge is 0.504 e. The van der Waals surface area contributed by atoms with Gasteiger partial charge in [-0.2, -0.15) is 0 Å². The maximum atomic E-state index is 10.9. The molecule has 1 aliphatic heterocycles. The zero-order valence-electron chi connectivity index (χ0n) is 12.9. The molecule has 1 heterocycles. The molecule has 22 heavy (non-hydrogen) atoms. The monoisotopic (exact) mass is 350 g/mol. The van der Waals surface area contributed by atoms with E-state index in [-0.39, 0.29) is 42.4 Å². The summed E-state index contributed by atoms with van der Waals surface area (Å²) >= 11 is 0. The second-order valence-corrected chi connectivity index (χ2v) is 5.03. The van der Waals surface area contributed by atoms with Gasteiger partial charge >= 0.3 is 5.97 Å². The molecular formula is C15H24Cl2N2O3. The Morgan fingerprint density at radius 2 is 2.00 bits per heavy atom. The minimum atomic E-state index is -0.429. The predicted molar refractivity (Wildman–Crippen MR) is 91.4 cm³/mol. The van der Waals surface area contributed by atoms with Crippen LogP contribution in [0.2, 0.25) is 0 Å². The average Bonchev–Trinajstić information content (AvgIpc) is 2.43. The lowest BCUT2D eigenvalue weighted by Crippen LogP contribution is -2.45. The van der Waals surface area contributed by atoms with Crippen LogP contribution >= 0.6 is 24.8 Å². The molecule has 2 N–H and O–H groups in total. The van der Waals surface area contributed by atoms with Crippen molar-refractivity contribution in [1.82, 2.24) is 10.2 Å². The highest BCUT2D eigenvalue weighted by molar-refractivity contribution is 5.85. The third kappa shape index (κ3) is 5.32. The molecule has 126 valence electrons. The van der Waals surface area contributed by atoms with Gasteiger partial charge in [0, 0.05) is 39.1 Å². The Hall–Kier alpha value is -1.01. The summed E-state index contributed by atoms with van der Waals surface area (Å²) in [5.74, 6) is -0.190. The lowest BCUT2D eigenvalue weighted by atomic mass is 10.0. The number of hydrogen-bond donors (Lipinski definition) is 2. The van der Waals surface area contributed by atoms with Gasteiger partial charge < -0.3 is 15.2 Å². The Bertz CT molecular complexity index is 480. The second kappa shape index (κ2) is 9.90. The molecule has 1 aliphatic rings. The molecule has 5 nitrogen and oxygen atoms in total. The number of carbonyl (C=O) groups is 1. The molecule has 1 atom stereocenters. The van der Waals surface area contributed by atoms with Crippen molar-refractivity contribution in [2.45, 2.75) is 26.3 Å². The minimum Gasteiger partial charge on any atom is -0.504 e. The van der Waals surface area contributed by atoms with Crippen molar-refractivity contribution in [3.05, 3.63) is 23.8 Å². The third-order valence-electron chi connectivity index (χ3n) is 3.60. The summed E-state index contributed by atoms with van der Waals surface area (Å²) in [6.07, 6.45) is 0.979. The zero-order chi connectivity index (χ0) is 14.5. The van der Waals surface area contributed by atoms with Crippen LogP contribution in [0.3, 0.4) is 0 Å². The van der Waals surface area contributed by atoms with Gasteiger partial charge in [-0.3, -0.25) is 9.69 Å². The molecule has 0 bridgehead atoms. The molecule has 0 unspecified atom stereocenters. The highest BCUT2D eigenvalue weighted by Crippen LogP contribution is 2.32. The molecule has 0 spiro atoms. The van der Waals surface area contributed by atoms with Crippen molar-refractivity contribution in [2.24, 2.45) is 0 Å². The standard InChI is InChI=1S/C15H22N2O3.2ClH/c1-3-13(17-8-6-16-7-9-17)12-4-5-15(14(19)10-12)20-11(2)18;;/h4-5,10,13,16,19H,3,6-9H2,1-2H3;2*1H/t13-;;/m1../s1. The molecule has 1 saturated heterocycles. The van der Waals surface area contributed by atoms with Gasteiger partial charge in [-0.05, 0) is 24.1 Å². The fourth-order valence-corrected chi connectivity index (χ4v) is 2.68. The van der Waals surface area contributed by atoms with Gasteiger partial charge in [0.2, 0.25) is 0 Å². The molecule has 1 aromatic rings. The lowest BCUT2D eigenvalue weighted by molar-refractivity contribution is -0.132. The lowest BCUT2D eigenvalue weighted by Gasteiger charge is -2.34. The van der Waals surface area contributed by atoms with Crippen LogP contribution in [0.25, 0.3) is 0 Å². The molecule has 2 rings (SSSR count). The third-order valence-corrected chi connectivity index (χ3v) is 3.60. The number of benzene rings is 1. The first-order valence-electron chi connectivity index (χ1n) is 7.08. The van der Waals surface area contributed by atoms with Crippen LogP contribution in [0.4, 0.5) is 0 Å². The van der Waals surface area contributed by atoms with Crippen molar-refractivity contribution in [2.75, 3.05) is 26.2 Å². The number of nitrogens with zero attached hydrogens (tertiary/aromatic N) is 1. The van der Waals surface area contributed by atoms with E-state index in [1.165, 1.54) is 6.92 Å². The smallest absolute Gasteiger partial charge is 0.308 e. The van der Waals surface area contributed by atoms with E-state index in [0.29, 0.717) is 0 Å². The van der Waals surface area contributed by atoms with E-state index in [1.807, 2.05) is 6.07 Å². The van der Waals surface area contributed by atoms with Crippen molar-refractivity contribution < 1.29 is 14.6 Å². The van der Waals surface area contributed by atoms with E-state index in [4.69, 9.17) is 4.74 Å². The Labute approximate surface area is 143 Å². The summed E-state index contributed by atoms with van der Waals surface area (Å²) < 4.78 is 4.95. The fraction of sp³-hybridized carbons (Fsp3) is 0.533. The minimum absolute atomic E-state index is 0. The quantitative estimate of drug-likeness (QED) is 0.645. The van der Waals surface area contributed by atoms with Gasteiger partial charge in [0.05, 0.1) is 0 Å². The Morgan fingerprint density at radius 3 is 2.50 bits per heavy atom. The van der Waals surface area contributed by atoms with Crippen LogP contribution in [0.5, 0.6) is 11.5 Å². The zero-order valence-corrected chi connectivity index (χ0v) is 14.5. The summed E-state index contributed by atoms with van der Waals surface area (Å²) in [6.45, 7) is 7.46. The van der Waals surface area contributed by atoms with E-state index in [0.717, 1.165) is 38.2 Å². The molecule has 1 fully saturated rings. The normalized spacial score (nSPS) is 16.1. The molecule has 1 aromatic carbocycles. The van der Waals surface area contributed by atoms with Crippen LogP contribution in [0, 0.1) is 0 Å². The van der Waals surface area contributed by atoms with Crippen LogP contribution in [-0.4, -0.2) is 42.2 Å². The number of phenols is 1. The average molecular weight is 351 g/mol. The van der Waals surface area contributed by atoms with E-state index in [9.17, 15) is 9.90 Å². The molecule has 0 saturated carbocycles. The van der Waals surface area contributed by atoms with Crippen LogP contribution < -0.4 is 10.1 Å². The Kier molecular flexibility index (Phi) is 9.44. The summed E-state index contributed by atoms with van der Waals surface area (Å²) in [7, 11) is 0. The van der Waals surface area contributed by atoms with Crippen molar-refractivity contribution in [3.63, 3.8) is 0 Å². The number of rotatable bonds is 4. The van der Waals surface area contributed by atoms with Gasteiger partial charge in [-0.1, -0.05) is 13.0 Å². The second-order valence-electron chi connectivity index (χ2n) is 5.03. The highest BCUT2D eigenvalue weighted by atomic mass is 35.5. The molecule has 0 aromatic heterocycles. The van der Waals surface area contributed by atoms with Crippen molar-refractivity contribution in [3.8, 4) is 11.5 Å². The number of nitrogens with one attached hydrogen (secondary N) is 1. The molecule has 0 radical (unpaired) electrons. The fourth-order valence-electron chi connectivity index (χ4n) is 2.68.